The summed E-state index contributed by atoms with van der Waals surface area (Å²) in [5.41, 5.74) is 3.07. The fourth-order valence-electron chi connectivity index (χ4n) is 4.63. The van der Waals surface area contributed by atoms with Gasteiger partial charge < -0.3 is 19.9 Å². The zero-order valence-corrected chi connectivity index (χ0v) is 21.4. The van der Waals surface area contributed by atoms with E-state index in [0.29, 0.717) is 30.9 Å². The highest BCUT2D eigenvalue weighted by molar-refractivity contribution is 5.76. The van der Waals surface area contributed by atoms with E-state index in [4.69, 9.17) is 9.84 Å². The van der Waals surface area contributed by atoms with Crippen LogP contribution in [-0.4, -0.2) is 65.6 Å². The molecule has 1 saturated heterocycles. The van der Waals surface area contributed by atoms with Crippen molar-refractivity contribution in [3.8, 4) is 5.75 Å². The summed E-state index contributed by atoms with van der Waals surface area (Å²) in [4.78, 5) is 17.1. The number of fused-ring (bicyclic) bond motifs is 1. The molecule has 0 spiro atoms. The number of methoxy groups -OCH3 is 1. The quantitative estimate of drug-likeness (QED) is 0.378. The first kappa shape index (κ1) is 24.5. The predicted molar refractivity (Wildman–Crippen MR) is 144 cm³/mol. The van der Waals surface area contributed by atoms with Crippen molar-refractivity contribution in [1.82, 2.24) is 25.1 Å². The number of hydrogen-bond donors (Lipinski definition) is 1. The summed E-state index contributed by atoms with van der Waals surface area (Å²) in [6.45, 7) is 6.22. The van der Waals surface area contributed by atoms with Gasteiger partial charge in [0.15, 0.2) is 11.5 Å². The molecule has 1 aliphatic heterocycles. The minimum absolute atomic E-state index is 0.00403. The van der Waals surface area contributed by atoms with Gasteiger partial charge in [0.1, 0.15) is 11.6 Å². The fourth-order valence-corrected chi connectivity index (χ4v) is 4.63. The van der Waals surface area contributed by atoms with Gasteiger partial charge in [0, 0.05) is 57.3 Å². The Kier molecular flexibility index (Phi) is 7.49. The van der Waals surface area contributed by atoms with Crippen LogP contribution in [0.3, 0.4) is 0 Å². The van der Waals surface area contributed by atoms with Gasteiger partial charge in [-0.2, -0.15) is 4.52 Å². The molecule has 5 rings (SSSR count). The lowest BCUT2D eigenvalue weighted by Crippen LogP contribution is -2.47. The van der Waals surface area contributed by atoms with Crippen molar-refractivity contribution in [1.29, 1.82) is 0 Å². The second-order valence-corrected chi connectivity index (χ2v) is 9.37. The molecular weight excluding hydrogens is 466 g/mol. The predicted octanol–water partition coefficient (Wildman–Crippen LogP) is 3.31. The molecule has 0 aliphatic carbocycles. The fraction of sp³-hybridized carbons (Fsp3) is 0.357. The van der Waals surface area contributed by atoms with Crippen molar-refractivity contribution in [3.05, 3.63) is 78.1 Å². The van der Waals surface area contributed by atoms with Crippen LogP contribution in [0.1, 0.15) is 30.7 Å². The number of anilines is 2. The number of carbonyl (C=O) groups excluding carboxylic acids is 1. The van der Waals surface area contributed by atoms with Crippen molar-refractivity contribution < 1.29 is 9.53 Å². The minimum Gasteiger partial charge on any atom is -0.497 e. The maximum atomic E-state index is 12.5. The molecule has 2 aromatic heterocycles. The van der Waals surface area contributed by atoms with Gasteiger partial charge in [-0.3, -0.25) is 4.79 Å². The smallest absolute Gasteiger partial charge is 0.220 e. The summed E-state index contributed by atoms with van der Waals surface area (Å²) in [6, 6.07) is 22.3. The first-order valence-corrected chi connectivity index (χ1v) is 12.8. The summed E-state index contributed by atoms with van der Waals surface area (Å²) in [6.07, 6.45) is 0.820. The number of aromatic nitrogens is 4. The third-order valence-electron chi connectivity index (χ3n) is 6.89. The molecule has 0 saturated carbocycles. The number of benzene rings is 2. The van der Waals surface area contributed by atoms with Gasteiger partial charge in [-0.1, -0.05) is 43.3 Å². The van der Waals surface area contributed by atoms with Gasteiger partial charge in [-0.25, -0.2) is 0 Å². The first-order chi connectivity index (χ1) is 18.1. The number of piperazine rings is 1. The van der Waals surface area contributed by atoms with Crippen LogP contribution in [0.15, 0.2) is 66.7 Å². The number of ether oxygens (including phenoxy) is 1. The van der Waals surface area contributed by atoms with E-state index in [-0.39, 0.29) is 11.8 Å². The van der Waals surface area contributed by atoms with Crippen molar-refractivity contribution in [2.45, 2.75) is 25.7 Å². The van der Waals surface area contributed by atoms with Crippen LogP contribution in [0.4, 0.5) is 11.5 Å². The summed E-state index contributed by atoms with van der Waals surface area (Å²) < 4.78 is 7.14. The number of aryl methyl sites for hydroxylation is 1. The highest BCUT2D eigenvalue weighted by Crippen LogP contribution is 2.23. The number of nitrogens with one attached hydrogen (secondary N) is 1. The minimum atomic E-state index is 0.00403. The number of rotatable bonds is 9. The van der Waals surface area contributed by atoms with Crippen molar-refractivity contribution in [3.63, 3.8) is 0 Å². The van der Waals surface area contributed by atoms with E-state index in [1.54, 1.807) is 11.6 Å². The summed E-state index contributed by atoms with van der Waals surface area (Å²) in [5.74, 6) is 2.71. The van der Waals surface area contributed by atoms with Gasteiger partial charge in [-0.15, -0.1) is 15.3 Å². The highest BCUT2D eigenvalue weighted by Gasteiger charge is 2.20. The second kappa shape index (κ2) is 11.3. The number of carbonyl (C=O) groups is 1. The summed E-state index contributed by atoms with van der Waals surface area (Å²) in [7, 11) is 1.69. The van der Waals surface area contributed by atoms with Crippen LogP contribution in [0, 0.1) is 0 Å². The van der Waals surface area contributed by atoms with Crippen LogP contribution in [0.2, 0.25) is 0 Å². The van der Waals surface area contributed by atoms with Crippen LogP contribution < -0.4 is 19.9 Å². The van der Waals surface area contributed by atoms with Crippen LogP contribution in [-0.2, 0) is 11.2 Å². The molecule has 4 aromatic rings. The van der Waals surface area contributed by atoms with Crippen molar-refractivity contribution in [2.75, 3.05) is 49.6 Å². The molecule has 192 valence electrons. The Balaban J connectivity index is 1.17. The largest absolute Gasteiger partial charge is 0.497 e. The Hall–Kier alpha value is -4.14. The molecule has 0 radical (unpaired) electrons. The SMILES string of the molecule is COc1cccc(N2CCN(c3ccc4nnc(CCC(=O)NC[C@@H](C)c5ccccc5)n4n3)CC2)c1. The molecule has 0 unspecified atom stereocenters. The maximum Gasteiger partial charge on any atom is 0.220 e. The van der Waals surface area contributed by atoms with Gasteiger partial charge in [0.05, 0.1) is 7.11 Å². The molecule has 1 atom stereocenters. The molecule has 37 heavy (non-hydrogen) atoms. The highest BCUT2D eigenvalue weighted by atomic mass is 16.5. The Morgan fingerprint density at radius 3 is 2.54 bits per heavy atom. The van der Waals surface area contributed by atoms with Crippen LogP contribution >= 0.6 is 0 Å². The van der Waals surface area contributed by atoms with Gasteiger partial charge >= 0.3 is 0 Å². The molecule has 9 heteroatoms. The zero-order chi connectivity index (χ0) is 25.6. The lowest BCUT2D eigenvalue weighted by atomic mass is 10.0. The van der Waals surface area contributed by atoms with E-state index >= 15 is 0 Å². The number of amides is 1. The van der Waals surface area contributed by atoms with E-state index in [0.717, 1.165) is 37.7 Å². The van der Waals surface area contributed by atoms with Crippen molar-refractivity contribution in [2.24, 2.45) is 0 Å². The van der Waals surface area contributed by atoms with E-state index < -0.39 is 0 Å². The molecule has 1 N–H and O–H groups in total. The average molecular weight is 500 g/mol. The molecule has 9 nitrogen and oxygen atoms in total. The number of nitrogens with zero attached hydrogens (tertiary/aromatic N) is 6. The van der Waals surface area contributed by atoms with Crippen LogP contribution in [0.5, 0.6) is 5.75 Å². The van der Waals surface area contributed by atoms with Gasteiger partial charge in [-0.05, 0) is 35.7 Å². The zero-order valence-electron chi connectivity index (χ0n) is 21.4. The third-order valence-corrected chi connectivity index (χ3v) is 6.89. The van der Waals surface area contributed by atoms with Gasteiger partial charge in [0.25, 0.3) is 0 Å². The maximum absolute atomic E-state index is 12.5. The molecule has 3 heterocycles. The molecule has 0 bridgehead atoms. The van der Waals surface area contributed by atoms with Gasteiger partial charge in [0.2, 0.25) is 5.91 Å². The van der Waals surface area contributed by atoms with E-state index in [1.807, 2.05) is 42.5 Å². The molecular formula is C28H33N7O2. The summed E-state index contributed by atoms with van der Waals surface area (Å²) >= 11 is 0. The average Bonchev–Trinajstić information content (AvgIpc) is 3.37. The van der Waals surface area contributed by atoms with E-state index in [9.17, 15) is 4.79 Å². The summed E-state index contributed by atoms with van der Waals surface area (Å²) in [5, 5.41) is 16.4. The Bertz CT molecular complexity index is 1330. The van der Waals surface area contributed by atoms with E-state index in [2.05, 4.69) is 56.5 Å². The Morgan fingerprint density at radius 1 is 0.973 bits per heavy atom. The normalized spacial score (nSPS) is 14.5. The lowest BCUT2D eigenvalue weighted by molar-refractivity contribution is -0.121. The topological polar surface area (TPSA) is 87.9 Å². The third kappa shape index (κ3) is 5.82. The Labute approximate surface area is 217 Å². The molecule has 2 aromatic carbocycles. The van der Waals surface area contributed by atoms with E-state index in [1.165, 1.54) is 11.3 Å². The molecule has 1 fully saturated rings. The number of hydrogen-bond acceptors (Lipinski definition) is 7. The first-order valence-electron chi connectivity index (χ1n) is 12.8. The van der Waals surface area contributed by atoms with Crippen molar-refractivity contribution >= 4 is 23.1 Å². The molecule has 1 aliphatic rings. The lowest BCUT2D eigenvalue weighted by Gasteiger charge is -2.36. The Morgan fingerprint density at radius 2 is 1.76 bits per heavy atom. The monoisotopic (exact) mass is 499 g/mol. The second-order valence-electron chi connectivity index (χ2n) is 9.37. The standard InChI is InChI=1S/C28H33N7O2/c1-21(22-7-4-3-5-8-22)20-29-28(36)14-13-26-31-30-25-11-12-27(32-35(25)26)34-17-15-33(16-18-34)23-9-6-10-24(19-23)37-2/h3-12,19,21H,13-18,20H2,1-2H3,(H,29,36)/t21-/m1/s1. The van der Waals surface area contributed by atoms with Crippen LogP contribution in [0.25, 0.3) is 5.65 Å². The molecule has 1 amide bonds.